The van der Waals surface area contributed by atoms with E-state index in [0.717, 1.165) is 0 Å². The van der Waals surface area contributed by atoms with Crippen molar-refractivity contribution in [2.24, 2.45) is 5.92 Å². The molecule has 1 radical (unpaired) electrons. The molecule has 0 nitrogen and oxygen atoms in total. The van der Waals surface area contributed by atoms with Gasteiger partial charge in [0.15, 0.2) is 0 Å². The van der Waals surface area contributed by atoms with Gasteiger partial charge < -0.3 is 0 Å². The first kappa shape index (κ1) is 9.29. The van der Waals surface area contributed by atoms with Crippen LogP contribution in [0.5, 0.6) is 0 Å². The van der Waals surface area contributed by atoms with Crippen LogP contribution in [0.15, 0.2) is 0 Å². The smallest absolute Gasteiger partial charge is 0.0390 e. The summed E-state index contributed by atoms with van der Waals surface area (Å²) in [7, 11) is 0. The molecule has 2 atom stereocenters. The van der Waals surface area contributed by atoms with Gasteiger partial charge in [0, 0.05) is 5.38 Å². The molecule has 0 amide bonds. The summed E-state index contributed by atoms with van der Waals surface area (Å²) in [5.74, 6) is 0.640. The monoisotopic (exact) mass is 147 g/mol. The summed E-state index contributed by atoms with van der Waals surface area (Å²) in [4.78, 5) is 0. The van der Waals surface area contributed by atoms with Gasteiger partial charge in [-0.15, -0.1) is 11.6 Å². The van der Waals surface area contributed by atoms with E-state index in [4.69, 9.17) is 11.6 Å². The van der Waals surface area contributed by atoms with E-state index in [0.29, 0.717) is 5.92 Å². The summed E-state index contributed by atoms with van der Waals surface area (Å²) in [5.41, 5.74) is 0. The molecule has 0 aliphatic carbocycles. The maximum Gasteiger partial charge on any atom is 0.0390 e. The molecule has 1 heteroatoms. The van der Waals surface area contributed by atoms with Crippen LogP contribution >= 0.6 is 11.6 Å². The lowest BCUT2D eigenvalue weighted by atomic mass is 10.0. The molecule has 0 saturated heterocycles. The van der Waals surface area contributed by atoms with Gasteiger partial charge in [0.05, 0.1) is 0 Å². The average Bonchev–Trinajstić information content (AvgIpc) is 1.87. The Kier molecular flexibility index (Phi) is 5.27. The highest BCUT2D eigenvalue weighted by Gasteiger charge is 2.09. The molecule has 9 heavy (non-hydrogen) atoms. The van der Waals surface area contributed by atoms with Gasteiger partial charge in [0.2, 0.25) is 0 Å². The van der Waals surface area contributed by atoms with Crippen LogP contribution in [-0.4, -0.2) is 5.38 Å². The normalized spacial score (nSPS) is 17.3. The second-order valence-corrected chi connectivity index (χ2v) is 3.05. The predicted octanol–water partition coefficient (Wildman–Crippen LogP) is 3.25. The van der Waals surface area contributed by atoms with Crippen LogP contribution in [0.2, 0.25) is 0 Å². The summed E-state index contributed by atoms with van der Waals surface area (Å²) in [6.45, 7) is 6.40. The first-order chi connectivity index (χ1) is 4.22. The van der Waals surface area contributed by atoms with Crippen LogP contribution in [0.4, 0.5) is 0 Å². The summed E-state index contributed by atoms with van der Waals surface area (Å²) in [5, 5.41) is 0.268. The minimum atomic E-state index is 0.268. The van der Waals surface area contributed by atoms with Crippen molar-refractivity contribution in [1.82, 2.24) is 0 Å². The Hall–Kier alpha value is 0.290. The van der Waals surface area contributed by atoms with Crippen LogP contribution in [0.25, 0.3) is 0 Å². The summed E-state index contributed by atoms with van der Waals surface area (Å²) < 4.78 is 0. The van der Waals surface area contributed by atoms with Gasteiger partial charge in [-0.2, -0.15) is 0 Å². The van der Waals surface area contributed by atoms with Crippen LogP contribution in [0.1, 0.15) is 33.6 Å². The Morgan fingerprint density at radius 1 is 1.56 bits per heavy atom. The van der Waals surface area contributed by atoms with Crippen molar-refractivity contribution in [3.63, 3.8) is 0 Å². The topological polar surface area (TPSA) is 0 Å². The number of halogens is 1. The third kappa shape index (κ3) is 3.80. The fourth-order valence-corrected chi connectivity index (χ4v) is 1.07. The Morgan fingerprint density at radius 3 is 2.44 bits per heavy atom. The minimum Gasteiger partial charge on any atom is -0.122 e. The molecule has 0 aliphatic heterocycles. The van der Waals surface area contributed by atoms with Crippen molar-refractivity contribution in [3.8, 4) is 0 Å². The molecule has 2 unspecified atom stereocenters. The molecule has 0 rings (SSSR count). The number of hydrogen-bond acceptors (Lipinski definition) is 0. The Bertz CT molecular complexity index is 61.6. The van der Waals surface area contributed by atoms with Gasteiger partial charge in [-0.25, -0.2) is 0 Å². The zero-order chi connectivity index (χ0) is 7.28. The van der Waals surface area contributed by atoms with Gasteiger partial charge in [-0.05, 0) is 18.8 Å². The lowest BCUT2D eigenvalue weighted by Gasteiger charge is -2.13. The molecule has 0 fully saturated rings. The van der Waals surface area contributed by atoms with E-state index in [2.05, 4.69) is 20.3 Å². The van der Waals surface area contributed by atoms with E-state index in [-0.39, 0.29) is 5.38 Å². The molecule has 0 aromatic heterocycles. The maximum atomic E-state index is 5.94. The van der Waals surface area contributed by atoms with Gasteiger partial charge in [-0.3, -0.25) is 0 Å². The second kappa shape index (κ2) is 5.10. The van der Waals surface area contributed by atoms with Gasteiger partial charge in [0.25, 0.3) is 0 Å². The van der Waals surface area contributed by atoms with Crippen LogP contribution in [0, 0.1) is 12.3 Å². The number of hydrogen-bond donors (Lipinski definition) is 0. The van der Waals surface area contributed by atoms with Gasteiger partial charge in [0.1, 0.15) is 0 Å². The highest BCUT2D eigenvalue weighted by atomic mass is 35.5. The maximum absolute atomic E-state index is 5.94. The van der Waals surface area contributed by atoms with Crippen molar-refractivity contribution in [2.45, 2.75) is 39.0 Å². The van der Waals surface area contributed by atoms with E-state index in [9.17, 15) is 0 Å². The molecule has 0 bridgehead atoms. The van der Waals surface area contributed by atoms with Crippen molar-refractivity contribution in [2.75, 3.05) is 0 Å². The molecular weight excluding hydrogens is 132 g/mol. The molecule has 0 aromatic rings. The standard InChI is InChI=1S/C8H16Cl/c1-4-6-7(3)8(9)5-2/h5,7-8H,4,6H2,1-3H3. The average molecular weight is 148 g/mol. The van der Waals surface area contributed by atoms with Crippen molar-refractivity contribution in [1.29, 1.82) is 0 Å². The van der Waals surface area contributed by atoms with Crippen molar-refractivity contribution in [3.05, 3.63) is 6.42 Å². The molecule has 55 valence electrons. The molecule has 0 N–H and O–H groups in total. The fraction of sp³-hybridized carbons (Fsp3) is 0.875. The quantitative estimate of drug-likeness (QED) is 0.536. The highest BCUT2D eigenvalue weighted by Crippen LogP contribution is 2.17. The van der Waals surface area contributed by atoms with E-state index in [1.807, 2.05) is 6.92 Å². The van der Waals surface area contributed by atoms with Crippen LogP contribution in [0.3, 0.4) is 0 Å². The minimum absolute atomic E-state index is 0.268. The lowest BCUT2D eigenvalue weighted by Crippen LogP contribution is -2.09. The van der Waals surface area contributed by atoms with E-state index >= 15 is 0 Å². The first-order valence-electron chi connectivity index (χ1n) is 3.65. The Morgan fingerprint density at radius 2 is 2.11 bits per heavy atom. The van der Waals surface area contributed by atoms with Crippen molar-refractivity contribution < 1.29 is 0 Å². The molecule has 0 heterocycles. The summed E-state index contributed by atoms with van der Waals surface area (Å²) >= 11 is 5.94. The number of alkyl halides is 1. The predicted molar refractivity (Wildman–Crippen MR) is 43.7 cm³/mol. The Balaban J connectivity index is 3.32. The summed E-state index contributed by atoms with van der Waals surface area (Å²) in [6.07, 6.45) is 4.53. The molecular formula is C8H16Cl. The van der Waals surface area contributed by atoms with Crippen LogP contribution in [-0.2, 0) is 0 Å². The molecule has 0 aliphatic rings. The largest absolute Gasteiger partial charge is 0.122 e. The van der Waals surface area contributed by atoms with E-state index in [1.54, 1.807) is 0 Å². The zero-order valence-corrected chi connectivity index (χ0v) is 7.28. The zero-order valence-electron chi connectivity index (χ0n) is 6.52. The first-order valence-corrected chi connectivity index (χ1v) is 4.09. The number of rotatable bonds is 4. The summed E-state index contributed by atoms with van der Waals surface area (Å²) in [6, 6.07) is 0. The fourth-order valence-electron chi connectivity index (χ4n) is 0.943. The second-order valence-electron chi connectivity index (χ2n) is 2.54. The van der Waals surface area contributed by atoms with Gasteiger partial charge in [-0.1, -0.05) is 27.2 Å². The third-order valence-corrected chi connectivity index (χ3v) is 2.29. The van der Waals surface area contributed by atoms with Crippen LogP contribution < -0.4 is 0 Å². The molecule has 0 saturated carbocycles. The Labute approximate surface area is 63.6 Å². The SMILES string of the molecule is C[CH]C(Cl)C(C)CCC. The third-order valence-electron chi connectivity index (χ3n) is 1.61. The molecule has 0 spiro atoms. The van der Waals surface area contributed by atoms with E-state index in [1.165, 1.54) is 12.8 Å². The lowest BCUT2D eigenvalue weighted by molar-refractivity contribution is 0.524. The van der Waals surface area contributed by atoms with Gasteiger partial charge >= 0.3 is 0 Å². The highest BCUT2D eigenvalue weighted by molar-refractivity contribution is 6.21. The molecule has 0 aromatic carbocycles. The van der Waals surface area contributed by atoms with Crippen molar-refractivity contribution >= 4 is 11.6 Å². The van der Waals surface area contributed by atoms with E-state index < -0.39 is 0 Å².